The first-order chi connectivity index (χ1) is 5.54. The third-order valence-electron chi connectivity index (χ3n) is 1.42. The van der Waals surface area contributed by atoms with Gasteiger partial charge in [0.1, 0.15) is 24.4 Å². The Hall–Kier alpha value is -0.530. The summed E-state index contributed by atoms with van der Waals surface area (Å²) in [5.41, 5.74) is 0. The number of rotatable bonds is 5. The summed E-state index contributed by atoms with van der Waals surface area (Å²) in [5, 5.41) is 43.5. The van der Waals surface area contributed by atoms with Crippen LogP contribution >= 0.6 is 0 Å². The van der Waals surface area contributed by atoms with Crippen LogP contribution in [0.3, 0.4) is 0 Å². The second kappa shape index (κ2) is 5.18. The average Bonchev–Trinajstić information content (AvgIpc) is 2.12. The van der Waals surface area contributed by atoms with Gasteiger partial charge in [0.25, 0.3) is 0 Å². The molecule has 0 spiro atoms. The Bertz CT molecular complexity index is 138. The summed E-state index contributed by atoms with van der Waals surface area (Å²) in [6.45, 7) is -0.760. The Morgan fingerprint density at radius 3 is 1.92 bits per heavy atom. The van der Waals surface area contributed by atoms with Gasteiger partial charge in [-0.05, 0) is 0 Å². The average molecular weight is 180 g/mol. The van der Waals surface area contributed by atoms with E-state index < -0.39 is 31.0 Å². The highest BCUT2D eigenvalue weighted by Crippen LogP contribution is 2.02. The number of hydrogen-bond acceptors (Lipinski definition) is 6. The minimum atomic E-state index is -1.79. The van der Waals surface area contributed by atoms with Crippen molar-refractivity contribution in [2.24, 2.45) is 0 Å². The van der Waals surface area contributed by atoms with Gasteiger partial charge in [-0.1, -0.05) is 0 Å². The van der Waals surface area contributed by atoms with E-state index in [9.17, 15) is 4.79 Å². The molecule has 0 rings (SSSR count). The molecule has 0 aliphatic carbocycles. The van der Waals surface area contributed by atoms with Crippen LogP contribution in [0.2, 0.25) is 0 Å². The molecule has 0 saturated carbocycles. The van der Waals surface area contributed by atoms with Crippen LogP contribution in [-0.4, -0.2) is 62.8 Å². The summed E-state index contributed by atoms with van der Waals surface area (Å²) < 4.78 is 0. The Morgan fingerprint density at radius 2 is 1.58 bits per heavy atom. The van der Waals surface area contributed by atoms with Crippen LogP contribution in [0.1, 0.15) is 0 Å². The number of aliphatic hydroxyl groups is 5. The van der Waals surface area contributed by atoms with E-state index in [1.165, 1.54) is 0 Å². The molecule has 1 unspecified atom stereocenters. The maximum Gasteiger partial charge on any atom is 0.151 e. The number of carbonyl (C=O) groups excluding carboxylic acids is 1. The van der Waals surface area contributed by atoms with E-state index in [2.05, 4.69) is 0 Å². The van der Waals surface area contributed by atoms with Crippen molar-refractivity contribution in [3.8, 4) is 0 Å². The number of aliphatic hydroxyl groups excluding tert-OH is 5. The molecule has 0 aliphatic heterocycles. The lowest BCUT2D eigenvalue weighted by Gasteiger charge is -2.22. The van der Waals surface area contributed by atoms with Crippen LogP contribution < -0.4 is 0 Å². The van der Waals surface area contributed by atoms with Gasteiger partial charge in [-0.15, -0.1) is 0 Å². The fourth-order valence-corrected chi connectivity index (χ4v) is 0.618. The van der Waals surface area contributed by atoms with Crippen LogP contribution in [0.15, 0.2) is 0 Å². The zero-order valence-electron chi connectivity index (χ0n) is 6.24. The molecule has 0 amide bonds. The summed E-state index contributed by atoms with van der Waals surface area (Å²) in [5.74, 6) is 0. The highest BCUT2D eigenvalue weighted by Gasteiger charge is 2.29. The zero-order chi connectivity index (χ0) is 9.72. The van der Waals surface area contributed by atoms with E-state index in [4.69, 9.17) is 25.5 Å². The molecular formula is C6H12O6. The maximum absolute atomic E-state index is 9.90. The summed E-state index contributed by atoms with van der Waals surface area (Å²) in [4.78, 5) is 9.90. The van der Waals surface area contributed by atoms with E-state index >= 15 is 0 Å². The van der Waals surface area contributed by atoms with Gasteiger partial charge in [0, 0.05) is 0 Å². The predicted octanol–water partition coefficient (Wildman–Crippen LogP) is -3.38. The second-order valence-electron chi connectivity index (χ2n) is 2.36. The normalized spacial score (nSPS) is 21.1. The van der Waals surface area contributed by atoms with Crippen molar-refractivity contribution >= 4 is 6.29 Å². The molecule has 0 aromatic heterocycles. The van der Waals surface area contributed by atoms with Crippen molar-refractivity contribution in [2.75, 3.05) is 6.61 Å². The summed E-state index contributed by atoms with van der Waals surface area (Å²) in [7, 11) is 0. The summed E-state index contributed by atoms with van der Waals surface area (Å²) in [6, 6.07) is 0. The van der Waals surface area contributed by atoms with Crippen molar-refractivity contribution in [3.05, 3.63) is 0 Å². The summed E-state index contributed by atoms with van der Waals surface area (Å²) >= 11 is 0. The predicted molar refractivity (Wildman–Crippen MR) is 37.2 cm³/mol. The topological polar surface area (TPSA) is 118 Å². The van der Waals surface area contributed by atoms with Crippen molar-refractivity contribution in [2.45, 2.75) is 24.4 Å². The highest BCUT2D eigenvalue weighted by molar-refractivity contribution is 5.56. The molecule has 72 valence electrons. The molecule has 4 atom stereocenters. The van der Waals surface area contributed by atoms with Crippen molar-refractivity contribution in [1.82, 2.24) is 0 Å². The number of carbonyl (C=O) groups is 1. The molecule has 0 bridgehead atoms. The third kappa shape index (κ3) is 2.84. The van der Waals surface area contributed by atoms with Gasteiger partial charge >= 0.3 is 0 Å². The smallest absolute Gasteiger partial charge is 0.151 e. The van der Waals surface area contributed by atoms with E-state index in [0.29, 0.717) is 0 Å². The second-order valence-corrected chi connectivity index (χ2v) is 2.36. The summed E-state index contributed by atoms with van der Waals surface area (Å²) in [6.07, 6.45) is -6.84. The molecule has 5 N–H and O–H groups in total. The molecule has 0 radical (unpaired) electrons. The van der Waals surface area contributed by atoms with Gasteiger partial charge in [-0.25, -0.2) is 0 Å². The van der Waals surface area contributed by atoms with Crippen molar-refractivity contribution < 1.29 is 30.3 Å². The first-order valence-corrected chi connectivity index (χ1v) is 3.33. The maximum atomic E-state index is 9.90. The molecule has 0 aliphatic rings. The van der Waals surface area contributed by atoms with Gasteiger partial charge in [-0.2, -0.15) is 0 Å². The van der Waals surface area contributed by atoms with Gasteiger partial charge in [-0.3, -0.25) is 0 Å². The van der Waals surface area contributed by atoms with E-state index in [1.54, 1.807) is 0 Å². The van der Waals surface area contributed by atoms with Gasteiger partial charge < -0.3 is 30.3 Å². The SMILES string of the molecule is O=C[C@@H](O)[C@@H](O)[C@H](O)C(O)CO. The number of hydrogen-bond donors (Lipinski definition) is 5. The fraction of sp³-hybridized carbons (Fsp3) is 0.833. The lowest BCUT2D eigenvalue weighted by Crippen LogP contribution is -2.46. The molecule has 12 heavy (non-hydrogen) atoms. The minimum absolute atomic E-state index is 0.0258. The fourth-order valence-electron chi connectivity index (χ4n) is 0.618. The molecule has 0 saturated heterocycles. The Morgan fingerprint density at radius 1 is 1.08 bits per heavy atom. The largest absolute Gasteiger partial charge is 0.394 e. The lowest BCUT2D eigenvalue weighted by molar-refractivity contribution is -0.136. The molecule has 6 nitrogen and oxygen atoms in total. The Kier molecular flexibility index (Phi) is 4.95. The zero-order valence-corrected chi connectivity index (χ0v) is 6.24. The van der Waals surface area contributed by atoms with E-state index in [0.717, 1.165) is 0 Å². The Labute approximate surface area is 68.7 Å². The monoisotopic (exact) mass is 180 g/mol. The van der Waals surface area contributed by atoms with Crippen molar-refractivity contribution in [1.29, 1.82) is 0 Å². The third-order valence-corrected chi connectivity index (χ3v) is 1.42. The molecule has 0 heterocycles. The van der Waals surface area contributed by atoms with E-state index in [-0.39, 0.29) is 6.29 Å². The molecule has 0 fully saturated rings. The quantitative estimate of drug-likeness (QED) is 0.282. The van der Waals surface area contributed by atoms with E-state index in [1.807, 2.05) is 0 Å². The molecule has 6 heteroatoms. The molecular weight excluding hydrogens is 168 g/mol. The Balaban J connectivity index is 4.07. The lowest BCUT2D eigenvalue weighted by atomic mass is 10.0. The van der Waals surface area contributed by atoms with Gasteiger partial charge in [0.15, 0.2) is 6.29 Å². The minimum Gasteiger partial charge on any atom is -0.394 e. The highest BCUT2D eigenvalue weighted by atomic mass is 16.4. The van der Waals surface area contributed by atoms with Crippen molar-refractivity contribution in [3.63, 3.8) is 0 Å². The van der Waals surface area contributed by atoms with Gasteiger partial charge in [0.2, 0.25) is 0 Å². The van der Waals surface area contributed by atoms with Crippen LogP contribution in [0.25, 0.3) is 0 Å². The van der Waals surface area contributed by atoms with Crippen LogP contribution in [0, 0.1) is 0 Å². The first-order valence-electron chi connectivity index (χ1n) is 3.33. The van der Waals surface area contributed by atoms with Crippen LogP contribution in [0.5, 0.6) is 0 Å². The van der Waals surface area contributed by atoms with Crippen LogP contribution in [0.4, 0.5) is 0 Å². The standard InChI is InChI=1S/C6H12O6/c7-1-3(9)5(11)6(12)4(10)2-8/h1,3-6,8-12H,2H2/t3-,4?,5-,6-/m1/s1. The molecule has 0 aromatic rings. The van der Waals surface area contributed by atoms with Crippen LogP contribution in [-0.2, 0) is 4.79 Å². The number of aldehydes is 1. The van der Waals surface area contributed by atoms with Gasteiger partial charge in [0.05, 0.1) is 6.61 Å². The first kappa shape index (κ1) is 11.5. The molecule has 0 aromatic carbocycles.